The molecule has 0 saturated carbocycles. The molecule has 2 aromatic rings. The fraction of sp³-hybridized carbons (Fsp3) is 0.250. The fourth-order valence-electron chi connectivity index (χ4n) is 1.88. The molecule has 0 amide bonds. The van der Waals surface area contributed by atoms with Crippen LogP contribution >= 0.6 is 0 Å². The largest absolute Gasteiger partial charge is 0.497 e. The van der Waals surface area contributed by atoms with E-state index in [-0.39, 0.29) is 0 Å². The quantitative estimate of drug-likeness (QED) is 0.882. The second-order valence-electron chi connectivity index (χ2n) is 4.34. The number of hydrogen-bond acceptors (Lipinski definition) is 5. The fourth-order valence-corrected chi connectivity index (χ4v) is 1.88. The molecule has 1 aromatic heterocycles. The smallest absolute Gasteiger partial charge is 0.132 e. The van der Waals surface area contributed by atoms with Gasteiger partial charge in [0.15, 0.2) is 0 Å². The van der Waals surface area contributed by atoms with Crippen LogP contribution in [0.3, 0.4) is 0 Å². The first kappa shape index (κ1) is 14.7. The number of nitriles is 1. The topological polar surface area (TPSA) is 67.2 Å². The number of nitrogens with zero attached hydrogens (tertiary/aromatic N) is 2. The van der Waals surface area contributed by atoms with Gasteiger partial charge in [0.05, 0.1) is 18.7 Å². The minimum absolute atomic E-state index is 0.369. The van der Waals surface area contributed by atoms with Gasteiger partial charge in [-0.2, -0.15) is 5.26 Å². The molecule has 0 fully saturated rings. The molecule has 1 N–H and O–H groups in total. The van der Waals surface area contributed by atoms with Gasteiger partial charge in [0, 0.05) is 24.4 Å². The van der Waals surface area contributed by atoms with Gasteiger partial charge in [0.2, 0.25) is 0 Å². The van der Waals surface area contributed by atoms with Crippen molar-refractivity contribution >= 4 is 5.82 Å². The lowest BCUT2D eigenvalue weighted by Gasteiger charge is -2.11. The predicted molar refractivity (Wildman–Crippen MR) is 80.4 cm³/mol. The van der Waals surface area contributed by atoms with E-state index in [2.05, 4.69) is 16.4 Å². The zero-order valence-electron chi connectivity index (χ0n) is 12.1. The molecule has 0 radical (unpaired) electrons. The highest BCUT2D eigenvalue weighted by molar-refractivity contribution is 5.45. The van der Waals surface area contributed by atoms with Crippen molar-refractivity contribution < 1.29 is 9.47 Å². The van der Waals surface area contributed by atoms with Crippen LogP contribution in [0.5, 0.6) is 11.5 Å². The van der Waals surface area contributed by atoms with E-state index < -0.39 is 0 Å². The molecular weight excluding hydrogens is 266 g/mol. The number of pyridine rings is 1. The summed E-state index contributed by atoms with van der Waals surface area (Å²) in [7, 11) is 1.56. The molecule has 0 aliphatic carbocycles. The van der Waals surface area contributed by atoms with Gasteiger partial charge in [-0.05, 0) is 25.1 Å². The van der Waals surface area contributed by atoms with E-state index in [0.29, 0.717) is 23.7 Å². The molecule has 0 atom stereocenters. The third kappa shape index (κ3) is 3.86. The Balaban J connectivity index is 2.15. The molecule has 5 heteroatoms. The lowest BCUT2D eigenvalue weighted by molar-refractivity contribution is 0.303. The van der Waals surface area contributed by atoms with Crippen LogP contribution in [0.2, 0.25) is 0 Å². The molecule has 0 saturated heterocycles. The van der Waals surface area contributed by atoms with E-state index in [1.165, 1.54) is 0 Å². The average molecular weight is 283 g/mol. The van der Waals surface area contributed by atoms with Crippen LogP contribution in [0, 0.1) is 11.3 Å². The van der Waals surface area contributed by atoms with Gasteiger partial charge < -0.3 is 14.8 Å². The molecule has 0 spiro atoms. The Morgan fingerprint density at radius 1 is 1.29 bits per heavy atom. The van der Waals surface area contributed by atoms with E-state index in [9.17, 15) is 0 Å². The maximum absolute atomic E-state index is 9.00. The summed E-state index contributed by atoms with van der Waals surface area (Å²) in [5, 5.41) is 12.2. The van der Waals surface area contributed by atoms with Crippen LogP contribution in [0.4, 0.5) is 5.82 Å². The summed E-state index contributed by atoms with van der Waals surface area (Å²) in [4.78, 5) is 4.28. The third-order valence-electron chi connectivity index (χ3n) is 2.87. The van der Waals surface area contributed by atoms with E-state index in [1.54, 1.807) is 31.5 Å². The molecule has 0 aliphatic rings. The first-order valence-corrected chi connectivity index (χ1v) is 6.66. The lowest BCUT2D eigenvalue weighted by atomic mass is 10.2. The number of ether oxygens (including phenoxy) is 2. The Labute approximate surface area is 124 Å². The zero-order chi connectivity index (χ0) is 15.1. The molecule has 2 rings (SSSR count). The number of nitrogens with one attached hydrogen (secondary N) is 1. The van der Waals surface area contributed by atoms with Crippen molar-refractivity contribution in [3.05, 3.63) is 47.7 Å². The summed E-state index contributed by atoms with van der Waals surface area (Å²) >= 11 is 0. The van der Waals surface area contributed by atoms with Crippen LogP contribution in [-0.4, -0.2) is 18.6 Å². The van der Waals surface area contributed by atoms with E-state index >= 15 is 0 Å². The molecule has 21 heavy (non-hydrogen) atoms. The minimum atomic E-state index is 0.369. The highest BCUT2D eigenvalue weighted by Crippen LogP contribution is 2.24. The number of anilines is 1. The Hall–Kier alpha value is -2.74. The molecule has 1 heterocycles. The zero-order valence-corrected chi connectivity index (χ0v) is 12.1. The molecule has 108 valence electrons. The normalized spacial score (nSPS) is 9.76. The first-order chi connectivity index (χ1) is 10.3. The molecular formula is C16H17N3O2. The number of benzene rings is 1. The van der Waals surface area contributed by atoms with Crippen molar-refractivity contribution in [2.45, 2.75) is 13.5 Å². The molecule has 1 aromatic carbocycles. The van der Waals surface area contributed by atoms with Crippen LogP contribution < -0.4 is 14.8 Å². The Bertz CT molecular complexity index is 650. The van der Waals surface area contributed by atoms with Gasteiger partial charge in [-0.3, -0.25) is 0 Å². The van der Waals surface area contributed by atoms with Crippen LogP contribution in [0.15, 0.2) is 36.5 Å². The first-order valence-electron chi connectivity index (χ1n) is 6.66. The summed E-state index contributed by atoms with van der Waals surface area (Å²) in [6.07, 6.45) is 1.74. The van der Waals surface area contributed by atoms with Crippen LogP contribution in [0.25, 0.3) is 0 Å². The van der Waals surface area contributed by atoms with Gasteiger partial charge in [-0.15, -0.1) is 0 Å². The molecule has 0 bridgehead atoms. The summed E-state index contributed by atoms with van der Waals surface area (Å²) in [6.45, 7) is 3.18. The van der Waals surface area contributed by atoms with Crippen LogP contribution in [-0.2, 0) is 6.61 Å². The molecule has 5 nitrogen and oxygen atoms in total. The van der Waals surface area contributed by atoms with Gasteiger partial charge in [-0.1, -0.05) is 6.07 Å². The number of rotatable bonds is 6. The SMILES string of the molecule is CCNc1ncccc1COc1cc(C#N)cc(OC)c1. The van der Waals surface area contributed by atoms with E-state index in [4.69, 9.17) is 14.7 Å². The Morgan fingerprint density at radius 2 is 2.10 bits per heavy atom. The van der Waals surface area contributed by atoms with Crippen molar-refractivity contribution in [1.82, 2.24) is 4.98 Å². The lowest BCUT2D eigenvalue weighted by Crippen LogP contribution is -2.05. The summed E-state index contributed by atoms with van der Waals surface area (Å²) in [5.74, 6) is 2.00. The third-order valence-corrected chi connectivity index (χ3v) is 2.87. The number of hydrogen-bond donors (Lipinski definition) is 1. The minimum Gasteiger partial charge on any atom is -0.497 e. The van der Waals surface area contributed by atoms with Gasteiger partial charge in [0.1, 0.15) is 23.9 Å². The van der Waals surface area contributed by atoms with Gasteiger partial charge in [0.25, 0.3) is 0 Å². The highest BCUT2D eigenvalue weighted by atomic mass is 16.5. The summed E-state index contributed by atoms with van der Waals surface area (Å²) in [5.41, 5.74) is 1.46. The maximum Gasteiger partial charge on any atom is 0.132 e. The Morgan fingerprint density at radius 3 is 2.81 bits per heavy atom. The molecule has 0 unspecified atom stereocenters. The van der Waals surface area contributed by atoms with E-state index in [1.807, 2.05) is 19.1 Å². The van der Waals surface area contributed by atoms with Crippen molar-refractivity contribution in [2.75, 3.05) is 19.0 Å². The standard InChI is InChI=1S/C16H17N3O2/c1-3-18-16-13(5-4-6-19-16)11-21-15-8-12(10-17)7-14(9-15)20-2/h4-9H,3,11H2,1-2H3,(H,18,19). The van der Waals surface area contributed by atoms with Gasteiger partial charge in [-0.25, -0.2) is 4.98 Å². The van der Waals surface area contributed by atoms with Gasteiger partial charge >= 0.3 is 0 Å². The van der Waals surface area contributed by atoms with Crippen LogP contribution in [0.1, 0.15) is 18.1 Å². The van der Waals surface area contributed by atoms with Crippen molar-refractivity contribution in [3.63, 3.8) is 0 Å². The summed E-state index contributed by atoms with van der Waals surface area (Å²) < 4.78 is 10.9. The summed E-state index contributed by atoms with van der Waals surface area (Å²) in [6, 6.07) is 11.0. The average Bonchev–Trinajstić information content (AvgIpc) is 2.54. The second-order valence-corrected chi connectivity index (χ2v) is 4.34. The maximum atomic E-state index is 9.00. The number of methoxy groups -OCH3 is 1. The van der Waals surface area contributed by atoms with Crippen molar-refractivity contribution in [2.24, 2.45) is 0 Å². The predicted octanol–water partition coefficient (Wildman–Crippen LogP) is 2.97. The molecule has 0 aliphatic heterocycles. The van der Waals surface area contributed by atoms with Crippen molar-refractivity contribution in [1.29, 1.82) is 5.26 Å². The highest BCUT2D eigenvalue weighted by Gasteiger charge is 2.06. The monoisotopic (exact) mass is 283 g/mol. The Kier molecular flexibility index (Phi) is 4.99. The second kappa shape index (κ2) is 7.15. The number of aromatic nitrogens is 1. The van der Waals surface area contributed by atoms with E-state index in [0.717, 1.165) is 17.9 Å². The van der Waals surface area contributed by atoms with Crippen molar-refractivity contribution in [3.8, 4) is 17.6 Å².